The van der Waals surface area contributed by atoms with Gasteiger partial charge in [-0.25, -0.2) is 0 Å². The molecule has 1 atom stereocenters. The number of thioether (sulfide) groups is 1. The number of nitrogens with one attached hydrogen (secondary N) is 1. The molecule has 8 nitrogen and oxygen atoms in total. The molecule has 0 aliphatic rings. The van der Waals surface area contributed by atoms with Crippen LogP contribution in [-0.4, -0.2) is 52.6 Å². The number of imide groups is 1. The Morgan fingerprint density at radius 2 is 1.70 bits per heavy atom. The molecule has 0 radical (unpaired) electrons. The van der Waals surface area contributed by atoms with Crippen LogP contribution in [0.4, 0.5) is 0 Å². The molecule has 0 bridgehead atoms. The summed E-state index contributed by atoms with van der Waals surface area (Å²) in [6.45, 7) is 0.564. The lowest BCUT2D eigenvalue weighted by Gasteiger charge is -2.13. The molecule has 0 spiro atoms. The fourth-order valence-corrected chi connectivity index (χ4v) is 3.42. The van der Waals surface area contributed by atoms with Crippen molar-refractivity contribution in [1.29, 1.82) is 0 Å². The molecule has 10 heteroatoms. The second-order valence-electron chi connectivity index (χ2n) is 6.71. The van der Waals surface area contributed by atoms with Gasteiger partial charge < -0.3 is 14.9 Å². The quantitative estimate of drug-likeness (QED) is 0.382. The van der Waals surface area contributed by atoms with Crippen molar-refractivity contribution in [2.75, 3.05) is 12.9 Å². The Morgan fingerprint density at radius 3 is 2.21 bits per heavy atom. The molecule has 1 unspecified atom stereocenters. The molecule has 0 aromatic heterocycles. The normalized spacial score (nSPS) is 10.8. The van der Waals surface area contributed by atoms with E-state index >= 15 is 0 Å². The Labute approximate surface area is 201 Å². The average molecular weight is 496 g/mol. The van der Waals surface area contributed by atoms with Gasteiger partial charge in [-0.3, -0.25) is 24.5 Å². The summed E-state index contributed by atoms with van der Waals surface area (Å²) in [4.78, 5) is 41.4. The maximum atomic E-state index is 11.7. The number of rotatable bonds is 12. The molecule has 2 rings (SSSR count). The van der Waals surface area contributed by atoms with E-state index in [1.807, 2.05) is 54.8 Å². The molecule has 0 fully saturated rings. The van der Waals surface area contributed by atoms with Crippen LogP contribution in [0.15, 0.2) is 48.5 Å². The highest BCUT2D eigenvalue weighted by Crippen LogP contribution is 2.18. The van der Waals surface area contributed by atoms with Crippen molar-refractivity contribution in [2.24, 2.45) is 0 Å². The van der Waals surface area contributed by atoms with Crippen LogP contribution in [0.3, 0.4) is 0 Å². The van der Waals surface area contributed by atoms with Gasteiger partial charge in [-0.15, -0.1) is 0 Å². The van der Waals surface area contributed by atoms with Crippen LogP contribution in [0.5, 0.6) is 5.75 Å². The molecular weight excluding hydrogens is 470 g/mol. The van der Waals surface area contributed by atoms with Crippen molar-refractivity contribution in [3.05, 3.63) is 64.7 Å². The molecule has 3 N–H and O–H groups in total. The lowest BCUT2D eigenvalue weighted by molar-refractivity contribution is -0.143. The fourth-order valence-electron chi connectivity index (χ4n) is 2.56. The van der Waals surface area contributed by atoms with Gasteiger partial charge in [0.25, 0.3) is 0 Å². The van der Waals surface area contributed by atoms with Gasteiger partial charge in [-0.1, -0.05) is 35.9 Å². The number of hydrogen-bond donors (Lipinski definition) is 3. The Bertz CT molecular complexity index is 907. The maximum Gasteiger partial charge on any atom is 0.303 e. The lowest BCUT2D eigenvalue weighted by Crippen LogP contribution is -2.32. The standard InChI is InChI=1S/C19H20ClNO3S.C4H6O4/c1-25-18(19(23)21-13-22)12-15-5-7-17(8-6-15)24-10-9-14-3-2-4-16(20)11-14;5-3(6)1-2-4(7)8/h2-8,11,13,18H,9-10,12H2,1H3,(H,21,22,23);1-2H2,(H,5,6)(H,7,8). The number of carboxylic acids is 2. The van der Waals surface area contributed by atoms with Gasteiger partial charge in [0.05, 0.1) is 24.7 Å². The van der Waals surface area contributed by atoms with E-state index in [0.717, 1.165) is 28.3 Å². The minimum atomic E-state index is -1.08. The Kier molecular flexibility index (Phi) is 13.3. The van der Waals surface area contributed by atoms with Gasteiger partial charge in [-0.05, 0) is 48.1 Å². The number of benzene rings is 2. The first-order valence-electron chi connectivity index (χ1n) is 9.91. The summed E-state index contributed by atoms with van der Waals surface area (Å²) in [6.07, 6.45) is 3.02. The summed E-state index contributed by atoms with van der Waals surface area (Å²) in [5.74, 6) is -1.65. The Hall–Kier alpha value is -3.04. The minimum absolute atomic E-state index is 0.274. The number of ether oxygens (including phenoxy) is 1. The number of halogens is 1. The largest absolute Gasteiger partial charge is 0.493 e. The van der Waals surface area contributed by atoms with Gasteiger partial charge in [-0.2, -0.15) is 11.8 Å². The first kappa shape index (κ1) is 28.0. The van der Waals surface area contributed by atoms with E-state index in [2.05, 4.69) is 5.32 Å². The van der Waals surface area contributed by atoms with Crippen LogP contribution in [0.1, 0.15) is 24.0 Å². The predicted molar refractivity (Wildman–Crippen MR) is 127 cm³/mol. The van der Waals surface area contributed by atoms with Crippen molar-refractivity contribution in [1.82, 2.24) is 5.32 Å². The number of carbonyl (C=O) groups excluding carboxylic acids is 2. The molecule has 0 saturated heterocycles. The van der Waals surface area contributed by atoms with Crippen molar-refractivity contribution in [3.63, 3.8) is 0 Å². The first-order valence-corrected chi connectivity index (χ1v) is 11.6. The summed E-state index contributed by atoms with van der Waals surface area (Å²) in [7, 11) is 0. The van der Waals surface area contributed by atoms with E-state index in [1.165, 1.54) is 11.8 Å². The number of carbonyl (C=O) groups is 4. The third-order valence-electron chi connectivity index (χ3n) is 4.22. The van der Waals surface area contributed by atoms with E-state index in [0.29, 0.717) is 19.4 Å². The van der Waals surface area contributed by atoms with Crippen LogP contribution >= 0.6 is 23.4 Å². The van der Waals surface area contributed by atoms with Crippen molar-refractivity contribution in [3.8, 4) is 5.75 Å². The number of amides is 2. The average Bonchev–Trinajstić information content (AvgIpc) is 2.77. The van der Waals surface area contributed by atoms with Crippen molar-refractivity contribution >= 4 is 47.6 Å². The fraction of sp³-hybridized carbons (Fsp3) is 0.304. The number of carboxylic acid groups (broad SMARTS) is 2. The molecule has 0 aliphatic heterocycles. The van der Waals surface area contributed by atoms with Crippen LogP contribution in [-0.2, 0) is 32.0 Å². The molecule has 2 aromatic rings. The Balaban J connectivity index is 0.000000582. The lowest BCUT2D eigenvalue weighted by atomic mass is 10.1. The van der Waals surface area contributed by atoms with Gasteiger partial charge in [0.1, 0.15) is 5.75 Å². The zero-order chi connectivity index (χ0) is 24.6. The minimum Gasteiger partial charge on any atom is -0.493 e. The third-order valence-corrected chi connectivity index (χ3v) is 5.41. The van der Waals surface area contributed by atoms with E-state index in [1.54, 1.807) is 0 Å². The van der Waals surface area contributed by atoms with Crippen LogP contribution in [0.25, 0.3) is 0 Å². The van der Waals surface area contributed by atoms with Crippen LogP contribution in [0, 0.1) is 0 Å². The van der Waals surface area contributed by atoms with Crippen LogP contribution in [0.2, 0.25) is 5.02 Å². The highest BCUT2D eigenvalue weighted by molar-refractivity contribution is 7.99. The summed E-state index contributed by atoms with van der Waals surface area (Å²) in [6, 6.07) is 15.4. The third kappa shape index (κ3) is 12.5. The number of aliphatic carboxylic acids is 2. The first-order chi connectivity index (χ1) is 15.7. The second kappa shape index (κ2) is 15.7. The predicted octanol–water partition coefficient (Wildman–Crippen LogP) is 3.44. The number of hydrogen-bond acceptors (Lipinski definition) is 6. The second-order valence-corrected chi connectivity index (χ2v) is 8.19. The van der Waals surface area contributed by atoms with Gasteiger partial charge >= 0.3 is 11.9 Å². The molecule has 0 saturated carbocycles. The molecule has 0 heterocycles. The van der Waals surface area contributed by atoms with Gasteiger partial charge in [0, 0.05) is 11.4 Å². The summed E-state index contributed by atoms with van der Waals surface area (Å²) in [5, 5.41) is 18.4. The topological polar surface area (TPSA) is 130 Å². The molecule has 2 amide bonds. The van der Waals surface area contributed by atoms with E-state index in [4.69, 9.17) is 26.6 Å². The zero-order valence-electron chi connectivity index (χ0n) is 18.0. The van der Waals surface area contributed by atoms with E-state index < -0.39 is 11.9 Å². The molecule has 33 heavy (non-hydrogen) atoms. The molecule has 2 aromatic carbocycles. The van der Waals surface area contributed by atoms with Crippen LogP contribution < -0.4 is 10.1 Å². The molecular formula is C23H26ClNO7S. The summed E-state index contributed by atoms with van der Waals surface area (Å²) >= 11 is 7.38. The van der Waals surface area contributed by atoms with Crippen molar-refractivity contribution in [2.45, 2.75) is 30.9 Å². The zero-order valence-corrected chi connectivity index (χ0v) is 19.6. The van der Waals surface area contributed by atoms with Gasteiger partial charge in [0.2, 0.25) is 12.3 Å². The molecule has 0 aliphatic carbocycles. The highest BCUT2D eigenvalue weighted by atomic mass is 35.5. The smallest absolute Gasteiger partial charge is 0.303 e. The molecule has 178 valence electrons. The SMILES string of the molecule is CSC(Cc1ccc(OCCc2cccc(Cl)c2)cc1)C(=O)NC=O.O=C(O)CCC(=O)O. The summed E-state index contributed by atoms with van der Waals surface area (Å²) in [5.41, 5.74) is 2.15. The monoisotopic (exact) mass is 495 g/mol. The van der Waals surface area contributed by atoms with Gasteiger partial charge in [0.15, 0.2) is 0 Å². The maximum absolute atomic E-state index is 11.7. The Morgan fingerprint density at radius 1 is 1.06 bits per heavy atom. The van der Waals surface area contributed by atoms with E-state index in [-0.39, 0.29) is 24.0 Å². The van der Waals surface area contributed by atoms with E-state index in [9.17, 15) is 19.2 Å². The summed E-state index contributed by atoms with van der Waals surface area (Å²) < 4.78 is 5.75. The highest BCUT2D eigenvalue weighted by Gasteiger charge is 2.17. The van der Waals surface area contributed by atoms with Crippen molar-refractivity contribution < 1.29 is 34.1 Å².